The Labute approximate surface area is 214 Å². The third kappa shape index (κ3) is 7.05. The van der Waals surface area contributed by atoms with Crippen LogP contribution in [-0.2, 0) is 10.0 Å². The Balaban J connectivity index is 1.23. The topological polar surface area (TPSA) is 129 Å². The van der Waals surface area contributed by atoms with Crippen molar-refractivity contribution in [3.63, 3.8) is 0 Å². The first-order chi connectivity index (χ1) is 17.3. The molecule has 4 N–H and O–H groups in total. The van der Waals surface area contributed by atoms with Gasteiger partial charge in [-0.2, -0.15) is 0 Å². The number of halogens is 1. The van der Waals surface area contributed by atoms with Gasteiger partial charge in [-0.3, -0.25) is 9.71 Å². The van der Waals surface area contributed by atoms with Gasteiger partial charge in [-0.1, -0.05) is 17.7 Å². The number of sulfonamides is 1. The van der Waals surface area contributed by atoms with E-state index in [0.717, 1.165) is 34.7 Å². The summed E-state index contributed by atoms with van der Waals surface area (Å²) in [5.74, 6) is 1.51. The molecule has 4 rings (SSSR count). The number of H-pyrrole nitrogens is 1. The van der Waals surface area contributed by atoms with Gasteiger partial charge in [0.1, 0.15) is 18.2 Å². The number of hydrogen-bond donors (Lipinski definition) is 4. The van der Waals surface area contributed by atoms with E-state index in [2.05, 4.69) is 25.0 Å². The average Bonchev–Trinajstić information content (AvgIpc) is 3.36. The zero-order chi connectivity index (χ0) is 25.5. The molecule has 2 aromatic heterocycles. The number of aromatic amines is 1. The van der Waals surface area contributed by atoms with Crippen molar-refractivity contribution in [2.45, 2.75) is 6.10 Å². The Morgan fingerprint density at radius 3 is 2.56 bits per heavy atom. The van der Waals surface area contributed by atoms with Crippen LogP contribution in [0.25, 0.3) is 22.6 Å². The van der Waals surface area contributed by atoms with Crippen LogP contribution in [0.2, 0.25) is 5.02 Å². The molecule has 0 amide bonds. The molecular formula is C25H26ClN5O4S. The lowest BCUT2D eigenvalue weighted by Gasteiger charge is -2.15. The number of nitrogens with one attached hydrogen (secondary N) is 3. The summed E-state index contributed by atoms with van der Waals surface area (Å²) < 4.78 is 31.1. The molecule has 11 heteroatoms. The summed E-state index contributed by atoms with van der Waals surface area (Å²) in [5, 5.41) is 13.8. The van der Waals surface area contributed by atoms with Gasteiger partial charge in [0.2, 0.25) is 10.0 Å². The summed E-state index contributed by atoms with van der Waals surface area (Å²) in [6.07, 6.45) is 5.45. The monoisotopic (exact) mass is 527 g/mol. The number of imidazole rings is 1. The molecule has 4 aromatic rings. The fourth-order valence-electron chi connectivity index (χ4n) is 3.48. The Bertz CT molecular complexity index is 1400. The average molecular weight is 528 g/mol. The Hall–Kier alpha value is -3.44. The molecule has 0 aliphatic carbocycles. The van der Waals surface area contributed by atoms with Crippen LogP contribution in [0.15, 0.2) is 73.2 Å². The number of benzene rings is 2. The van der Waals surface area contributed by atoms with Crippen LogP contribution in [0.4, 0.5) is 5.69 Å². The summed E-state index contributed by atoms with van der Waals surface area (Å²) in [4.78, 5) is 11.8. The molecule has 1 unspecified atom stereocenters. The van der Waals surface area contributed by atoms with E-state index >= 15 is 0 Å². The Morgan fingerprint density at radius 2 is 1.83 bits per heavy atom. The molecule has 0 radical (unpaired) electrons. The number of nitrogens with zero attached hydrogens (tertiary/aromatic N) is 2. The molecule has 0 aliphatic rings. The molecule has 0 spiro atoms. The van der Waals surface area contributed by atoms with Crippen LogP contribution >= 0.6 is 11.6 Å². The van der Waals surface area contributed by atoms with Crippen molar-refractivity contribution in [1.29, 1.82) is 0 Å². The Morgan fingerprint density at radius 1 is 1.08 bits per heavy atom. The SMILES string of the molecule is CS(=O)(=O)Nc1cc(C(O)CNCCOc2ccc(-c3cnc(-c4ccncc4)[nH]3)cc2)ccc1Cl. The number of aromatic nitrogens is 3. The largest absolute Gasteiger partial charge is 0.492 e. The first-order valence-electron chi connectivity index (χ1n) is 11.1. The van der Waals surface area contributed by atoms with Gasteiger partial charge in [-0.05, 0) is 59.7 Å². The molecule has 0 aliphatic heterocycles. The maximum atomic E-state index is 11.5. The number of rotatable bonds is 11. The highest BCUT2D eigenvalue weighted by atomic mass is 35.5. The van der Waals surface area contributed by atoms with Gasteiger partial charge >= 0.3 is 0 Å². The zero-order valence-electron chi connectivity index (χ0n) is 19.5. The lowest BCUT2D eigenvalue weighted by Crippen LogP contribution is -2.26. The summed E-state index contributed by atoms with van der Waals surface area (Å²) in [6.45, 7) is 1.18. The third-order valence-corrected chi connectivity index (χ3v) is 6.17. The summed E-state index contributed by atoms with van der Waals surface area (Å²) in [6, 6.07) is 16.2. The number of aliphatic hydroxyl groups is 1. The molecule has 2 aromatic carbocycles. The number of pyridine rings is 1. The molecule has 188 valence electrons. The third-order valence-electron chi connectivity index (χ3n) is 5.25. The fraction of sp³-hybridized carbons (Fsp3) is 0.200. The van der Waals surface area contributed by atoms with Gasteiger partial charge in [-0.15, -0.1) is 0 Å². The van der Waals surface area contributed by atoms with E-state index in [-0.39, 0.29) is 17.3 Å². The summed E-state index contributed by atoms with van der Waals surface area (Å²) >= 11 is 6.03. The van der Waals surface area contributed by atoms with Crippen LogP contribution in [0.3, 0.4) is 0 Å². The summed E-state index contributed by atoms with van der Waals surface area (Å²) in [5.41, 5.74) is 3.63. The van der Waals surface area contributed by atoms with Crippen molar-refractivity contribution >= 4 is 27.3 Å². The van der Waals surface area contributed by atoms with Crippen LogP contribution in [0.1, 0.15) is 11.7 Å². The molecule has 0 bridgehead atoms. The van der Waals surface area contributed by atoms with E-state index in [1.54, 1.807) is 30.7 Å². The van der Waals surface area contributed by atoms with Crippen LogP contribution in [0.5, 0.6) is 5.75 Å². The van der Waals surface area contributed by atoms with Crippen molar-refractivity contribution < 1.29 is 18.3 Å². The highest BCUT2D eigenvalue weighted by Gasteiger charge is 2.12. The second-order valence-corrected chi connectivity index (χ2v) is 10.2. The van der Waals surface area contributed by atoms with Crippen molar-refractivity contribution in [3.05, 3.63) is 83.8 Å². The second-order valence-electron chi connectivity index (χ2n) is 8.09. The molecule has 0 fully saturated rings. The molecule has 9 nitrogen and oxygen atoms in total. The van der Waals surface area contributed by atoms with E-state index in [0.29, 0.717) is 18.7 Å². The van der Waals surface area contributed by atoms with Gasteiger partial charge in [0.15, 0.2) is 0 Å². The van der Waals surface area contributed by atoms with Gasteiger partial charge in [0, 0.05) is 31.0 Å². The minimum absolute atomic E-state index is 0.228. The number of hydrogen-bond acceptors (Lipinski definition) is 7. The quantitative estimate of drug-likeness (QED) is 0.218. The summed E-state index contributed by atoms with van der Waals surface area (Å²) in [7, 11) is -3.48. The standard InChI is InChI=1S/C25H26ClN5O4S/c1-36(33,34)31-22-14-19(4-7-21(22)26)24(32)16-28-12-13-35-20-5-2-17(3-6-20)23-15-29-25(30-23)18-8-10-27-11-9-18/h2-11,14-15,24,28,31-32H,12-13,16H2,1H3,(H,29,30). The first kappa shape index (κ1) is 25.6. The lowest BCUT2D eigenvalue weighted by atomic mass is 10.1. The molecule has 1 atom stereocenters. The Kier molecular flexibility index (Phi) is 8.21. The van der Waals surface area contributed by atoms with Crippen LogP contribution in [-0.4, -0.2) is 54.4 Å². The molecule has 2 heterocycles. The highest BCUT2D eigenvalue weighted by Crippen LogP contribution is 2.27. The smallest absolute Gasteiger partial charge is 0.229 e. The fourth-order valence-corrected chi connectivity index (χ4v) is 4.27. The normalized spacial score (nSPS) is 12.3. The molecular weight excluding hydrogens is 502 g/mol. The number of ether oxygens (including phenoxy) is 1. The molecule has 36 heavy (non-hydrogen) atoms. The van der Waals surface area contributed by atoms with Crippen molar-refractivity contribution in [2.75, 3.05) is 30.7 Å². The minimum atomic E-state index is -3.48. The van der Waals surface area contributed by atoms with Crippen molar-refractivity contribution in [3.8, 4) is 28.4 Å². The molecule has 0 saturated heterocycles. The van der Waals surface area contributed by atoms with Gasteiger partial charge in [0.05, 0.1) is 35.0 Å². The van der Waals surface area contributed by atoms with Gasteiger partial charge < -0.3 is 20.1 Å². The van der Waals surface area contributed by atoms with E-state index in [1.165, 1.54) is 6.07 Å². The van der Waals surface area contributed by atoms with E-state index in [9.17, 15) is 13.5 Å². The van der Waals surface area contributed by atoms with Gasteiger partial charge in [0.25, 0.3) is 0 Å². The number of anilines is 1. The van der Waals surface area contributed by atoms with Crippen molar-refractivity contribution in [2.24, 2.45) is 0 Å². The van der Waals surface area contributed by atoms with E-state index in [4.69, 9.17) is 16.3 Å². The highest BCUT2D eigenvalue weighted by molar-refractivity contribution is 7.92. The van der Waals surface area contributed by atoms with Crippen LogP contribution < -0.4 is 14.8 Å². The predicted molar refractivity (Wildman–Crippen MR) is 140 cm³/mol. The maximum Gasteiger partial charge on any atom is 0.229 e. The van der Waals surface area contributed by atoms with Crippen LogP contribution in [0, 0.1) is 0 Å². The van der Waals surface area contributed by atoms with Gasteiger partial charge in [-0.25, -0.2) is 13.4 Å². The number of aliphatic hydroxyl groups excluding tert-OH is 1. The maximum absolute atomic E-state index is 11.5. The zero-order valence-corrected chi connectivity index (χ0v) is 21.1. The minimum Gasteiger partial charge on any atom is -0.492 e. The molecule has 0 saturated carbocycles. The van der Waals surface area contributed by atoms with E-state index < -0.39 is 16.1 Å². The lowest BCUT2D eigenvalue weighted by molar-refractivity contribution is 0.172. The second kappa shape index (κ2) is 11.5. The predicted octanol–water partition coefficient (Wildman–Crippen LogP) is 3.87. The van der Waals surface area contributed by atoms with E-state index in [1.807, 2.05) is 36.4 Å². The van der Waals surface area contributed by atoms with Crippen molar-refractivity contribution in [1.82, 2.24) is 20.3 Å². The first-order valence-corrected chi connectivity index (χ1v) is 13.4.